The van der Waals surface area contributed by atoms with E-state index in [0.29, 0.717) is 23.0 Å². The minimum absolute atomic E-state index is 0.254. The number of hydrogen-bond donors (Lipinski definition) is 1. The van der Waals surface area contributed by atoms with Gasteiger partial charge < -0.3 is 5.32 Å². The predicted molar refractivity (Wildman–Crippen MR) is 79.6 cm³/mol. The van der Waals surface area contributed by atoms with E-state index in [-0.39, 0.29) is 5.82 Å². The Morgan fingerprint density at radius 1 is 1.05 bits per heavy atom. The van der Waals surface area contributed by atoms with Crippen LogP contribution in [-0.4, -0.2) is 5.88 Å². The fourth-order valence-electron chi connectivity index (χ4n) is 1.77. The molecule has 2 rings (SSSR count). The summed E-state index contributed by atoms with van der Waals surface area (Å²) in [6, 6.07) is 12.5. The van der Waals surface area contributed by atoms with Gasteiger partial charge in [0.05, 0.1) is 0 Å². The van der Waals surface area contributed by atoms with Crippen molar-refractivity contribution in [1.29, 1.82) is 0 Å². The Morgan fingerprint density at radius 3 is 2.47 bits per heavy atom. The van der Waals surface area contributed by atoms with Gasteiger partial charge >= 0.3 is 0 Å². The summed E-state index contributed by atoms with van der Waals surface area (Å²) >= 11 is 11.5. The van der Waals surface area contributed by atoms with Crippen LogP contribution in [0.3, 0.4) is 0 Å². The Labute approximate surface area is 122 Å². The molecule has 0 atom stereocenters. The second-order valence-corrected chi connectivity index (χ2v) is 5.04. The lowest BCUT2D eigenvalue weighted by atomic mass is 10.1. The average Bonchev–Trinajstić information content (AvgIpc) is 2.42. The Kier molecular flexibility index (Phi) is 5.06. The van der Waals surface area contributed by atoms with Crippen molar-refractivity contribution in [2.24, 2.45) is 0 Å². The Bertz CT molecular complexity index is 540. The zero-order valence-electron chi connectivity index (χ0n) is 10.3. The number of aryl methyl sites for hydroxylation is 1. The molecule has 0 spiro atoms. The van der Waals surface area contributed by atoms with Gasteiger partial charge in [0.25, 0.3) is 0 Å². The maximum absolute atomic E-state index is 13.5. The Hall–Kier alpha value is -1.25. The van der Waals surface area contributed by atoms with E-state index in [1.54, 1.807) is 12.1 Å². The van der Waals surface area contributed by atoms with Gasteiger partial charge in [0.2, 0.25) is 0 Å². The smallest absolute Gasteiger partial charge is 0.128 e. The van der Waals surface area contributed by atoms with E-state index < -0.39 is 0 Å². The molecule has 2 aromatic rings. The second-order valence-electron chi connectivity index (χ2n) is 4.23. The molecule has 0 aliphatic carbocycles. The fourth-order valence-corrected chi connectivity index (χ4v) is 2.19. The van der Waals surface area contributed by atoms with Gasteiger partial charge in [-0.05, 0) is 42.3 Å². The molecule has 0 aliphatic rings. The number of alkyl halides is 1. The van der Waals surface area contributed by atoms with Crippen molar-refractivity contribution < 1.29 is 4.39 Å². The van der Waals surface area contributed by atoms with Crippen LogP contribution < -0.4 is 5.32 Å². The van der Waals surface area contributed by atoms with Crippen LogP contribution in [0.25, 0.3) is 0 Å². The van der Waals surface area contributed by atoms with Gasteiger partial charge in [-0.15, -0.1) is 11.6 Å². The molecule has 0 bridgehead atoms. The van der Waals surface area contributed by atoms with Crippen LogP contribution in [0.5, 0.6) is 0 Å². The summed E-state index contributed by atoms with van der Waals surface area (Å²) in [5.41, 5.74) is 2.68. The van der Waals surface area contributed by atoms with E-state index in [9.17, 15) is 4.39 Å². The summed E-state index contributed by atoms with van der Waals surface area (Å²) in [5.74, 6) is 0.358. The number of benzene rings is 2. The Balaban J connectivity index is 2.00. The zero-order valence-corrected chi connectivity index (χ0v) is 11.8. The zero-order chi connectivity index (χ0) is 13.7. The molecular formula is C15H14Cl2FN. The molecule has 0 saturated heterocycles. The van der Waals surface area contributed by atoms with Gasteiger partial charge in [0.15, 0.2) is 0 Å². The van der Waals surface area contributed by atoms with Gasteiger partial charge in [-0.1, -0.05) is 23.7 Å². The van der Waals surface area contributed by atoms with Crippen molar-refractivity contribution >= 4 is 28.9 Å². The van der Waals surface area contributed by atoms with Crippen LogP contribution in [0.15, 0.2) is 42.5 Å². The molecule has 0 saturated carbocycles. The van der Waals surface area contributed by atoms with E-state index >= 15 is 0 Å². The highest BCUT2D eigenvalue weighted by Gasteiger charge is 2.03. The number of halogens is 3. The third-order valence-corrected chi connectivity index (χ3v) is 3.25. The minimum atomic E-state index is -0.254. The predicted octanol–water partition coefficient (Wildman–Crippen LogP) is 4.87. The lowest BCUT2D eigenvalue weighted by Gasteiger charge is -2.08. The van der Waals surface area contributed by atoms with Crippen LogP contribution in [0.2, 0.25) is 5.02 Å². The van der Waals surface area contributed by atoms with Crippen LogP contribution in [0.1, 0.15) is 11.1 Å². The summed E-state index contributed by atoms with van der Waals surface area (Å²) in [6.45, 7) is 0.404. The summed E-state index contributed by atoms with van der Waals surface area (Å²) in [5, 5.41) is 3.70. The molecule has 0 aromatic heterocycles. The molecule has 0 radical (unpaired) electrons. The molecule has 4 heteroatoms. The standard InChI is InChI=1S/C15H14Cl2FN/c16-8-7-11-1-4-14(5-2-11)19-10-12-9-13(17)3-6-15(12)18/h1-6,9,19H,7-8,10H2. The highest BCUT2D eigenvalue weighted by molar-refractivity contribution is 6.30. The first kappa shape index (κ1) is 14.2. The maximum Gasteiger partial charge on any atom is 0.128 e. The minimum Gasteiger partial charge on any atom is -0.381 e. The summed E-state index contributed by atoms with van der Waals surface area (Å²) in [4.78, 5) is 0. The first-order valence-corrected chi connectivity index (χ1v) is 6.93. The third kappa shape index (κ3) is 4.12. The molecule has 0 fully saturated rings. The number of hydrogen-bond acceptors (Lipinski definition) is 1. The van der Waals surface area contributed by atoms with E-state index in [1.807, 2.05) is 24.3 Å². The van der Waals surface area contributed by atoms with Gasteiger partial charge in [0.1, 0.15) is 5.82 Å². The average molecular weight is 298 g/mol. The van der Waals surface area contributed by atoms with Crippen molar-refractivity contribution in [3.63, 3.8) is 0 Å². The molecule has 0 unspecified atom stereocenters. The molecule has 1 N–H and O–H groups in total. The topological polar surface area (TPSA) is 12.0 Å². The van der Waals surface area contributed by atoms with E-state index in [0.717, 1.165) is 12.1 Å². The maximum atomic E-state index is 13.5. The summed E-state index contributed by atoms with van der Waals surface area (Å²) in [7, 11) is 0. The first-order valence-electron chi connectivity index (χ1n) is 6.02. The van der Waals surface area contributed by atoms with Gasteiger partial charge in [-0.25, -0.2) is 4.39 Å². The molecule has 0 amide bonds. The second kappa shape index (κ2) is 6.78. The quantitative estimate of drug-likeness (QED) is 0.776. The largest absolute Gasteiger partial charge is 0.381 e. The van der Waals surface area contributed by atoms with E-state index in [1.165, 1.54) is 11.6 Å². The molecule has 0 aliphatic heterocycles. The highest BCUT2D eigenvalue weighted by atomic mass is 35.5. The Morgan fingerprint density at radius 2 is 1.79 bits per heavy atom. The van der Waals surface area contributed by atoms with E-state index in [2.05, 4.69) is 5.32 Å². The van der Waals surface area contributed by atoms with Crippen LogP contribution in [0.4, 0.5) is 10.1 Å². The third-order valence-electron chi connectivity index (χ3n) is 2.83. The van der Waals surface area contributed by atoms with Crippen molar-refractivity contribution in [2.45, 2.75) is 13.0 Å². The first-order chi connectivity index (χ1) is 9.19. The lowest BCUT2D eigenvalue weighted by molar-refractivity contribution is 0.613. The number of rotatable bonds is 5. The number of nitrogens with one attached hydrogen (secondary N) is 1. The van der Waals surface area contributed by atoms with Crippen molar-refractivity contribution in [2.75, 3.05) is 11.2 Å². The molecule has 2 aromatic carbocycles. The molecule has 0 heterocycles. The van der Waals surface area contributed by atoms with Crippen molar-refractivity contribution in [3.05, 3.63) is 64.4 Å². The van der Waals surface area contributed by atoms with Gasteiger partial charge in [-0.3, -0.25) is 0 Å². The van der Waals surface area contributed by atoms with Crippen molar-refractivity contribution in [1.82, 2.24) is 0 Å². The molecular weight excluding hydrogens is 284 g/mol. The van der Waals surface area contributed by atoms with E-state index in [4.69, 9.17) is 23.2 Å². The molecule has 1 nitrogen and oxygen atoms in total. The summed E-state index contributed by atoms with van der Waals surface area (Å²) in [6.07, 6.45) is 0.852. The van der Waals surface area contributed by atoms with Gasteiger partial charge in [-0.2, -0.15) is 0 Å². The molecule has 100 valence electrons. The van der Waals surface area contributed by atoms with Crippen LogP contribution in [0, 0.1) is 5.82 Å². The molecule has 19 heavy (non-hydrogen) atoms. The van der Waals surface area contributed by atoms with Crippen molar-refractivity contribution in [3.8, 4) is 0 Å². The summed E-state index contributed by atoms with van der Waals surface area (Å²) < 4.78 is 13.5. The van der Waals surface area contributed by atoms with Gasteiger partial charge in [0, 0.05) is 28.7 Å². The lowest BCUT2D eigenvalue weighted by Crippen LogP contribution is -2.02. The monoisotopic (exact) mass is 297 g/mol. The number of anilines is 1. The fraction of sp³-hybridized carbons (Fsp3) is 0.200. The normalized spacial score (nSPS) is 10.5. The highest BCUT2D eigenvalue weighted by Crippen LogP contribution is 2.17. The van der Waals surface area contributed by atoms with Crippen LogP contribution >= 0.6 is 23.2 Å². The SMILES string of the molecule is Fc1ccc(Cl)cc1CNc1ccc(CCCl)cc1. The van der Waals surface area contributed by atoms with Crippen LogP contribution in [-0.2, 0) is 13.0 Å².